The molecule has 1 saturated heterocycles. The van der Waals surface area contributed by atoms with E-state index in [2.05, 4.69) is 32.7 Å². The number of amides is 1. The van der Waals surface area contributed by atoms with E-state index in [9.17, 15) is 4.79 Å². The molecule has 0 unspecified atom stereocenters. The van der Waals surface area contributed by atoms with Crippen LogP contribution in [0.15, 0.2) is 36.5 Å². The number of nitrogens with one attached hydrogen (secondary N) is 2. The highest BCUT2D eigenvalue weighted by molar-refractivity contribution is 5.94. The molecular weight excluding hydrogens is 354 g/mol. The molecule has 0 spiro atoms. The minimum atomic E-state index is -0.0983. The number of unbranched alkanes of at least 4 members (excludes halogenated alkanes) is 1. The Bertz CT molecular complexity index is 745. The number of hydrogen-bond acceptors (Lipinski definition) is 6. The number of benzene rings is 1. The number of rotatable bonds is 10. The van der Waals surface area contributed by atoms with Gasteiger partial charge in [-0.2, -0.15) is 5.10 Å². The average molecular weight is 383 g/mol. The van der Waals surface area contributed by atoms with E-state index >= 15 is 0 Å². The van der Waals surface area contributed by atoms with E-state index in [1.54, 1.807) is 18.3 Å². The Balaban J connectivity index is 1.40. The summed E-state index contributed by atoms with van der Waals surface area (Å²) in [6, 6.07) is 9.26. The molecule has 1 aromatic carbocycles. The van der Waals surface area contributed by atoms with Crippen molar-refractivity contribution < 1.29 is 9.53 Å². The lowest BCUT2D eigenvalue weighted by atomic mass is 10.2. The second-order valence-corrected chi connectivity index (χ2v) is 6.90. The summed E-state index contributed by atoms with van der Waals surface area (Å²) in [5, 5.41) is 14.3. The number of nitrogens with zero attached hydrogens (tertiary/aromatic N) is 3. The Kier molecular flexibility index (Phi) is 7.46. The molecule has 1 aromatic heterocycles. The van der Waals surface area contributed by atoms with E-state index in [1.165, 1.54) is 12.8 Å². The van der Waals surface area contributed by atoms with Crippen LogP contribution in [0.4, 0.5) is 11.5 Å². The van der Waals surface area contributed by atoms with Gasteiger partial charge in [0.25, 0.3) is 5.91 Å². The maximum Gasteiger partial charge on any atom is 0.251 e. The molecule has 1 fully saturated rings. The zero-order valence-electron chi connectivity index (χ0n) is 16.5. The second kappa shape index (κ2) is 10.5. The number of anilines is 2. The first-order valence-corrected chi connectivity index (χ1v) is 10.1. The molecular formula is C21H29N5O2. The van der Waals surface area contributed by atoms with Crippen molar-refractivity contribution >= 4 is 17.4 Å². The van der Waals surface area contributed by atoms with Crippen molar-refractivity contribution in [1.29, 1.82) is 0 Å². The van der Waals surface area contributed by atoms with Crippen molar-refractivity contribution in [2.24, 2.45) is 0 Å². The van der Waals surface area contributed by atoms with Crippen LogP contribution in [0.1, 0.15) is 43.0 Å². The topological polar surface area (TPSA) is 79.4 Å². The Labute approximate surface area is 166 Å². The van der Waals surface area contributed by atoms with Crippen LogP contribution in [0.3, 0.4) is 0 Å². The van der Waals surface area contributed by atoms with Gasteiger partial charge in [0.2, 0.25) is 0 Å². The second-order valence-electron chi connectivity index (χ2n) is 6.90. The van der Waals surface area contributed by atoms with Crippen molar-refractivity contribution in [2.45, 2.75) is 32.6 Å². The van der Waals surface area contributed by atoms with Crippen molar-refractivity contribution in [1.82, 2.24) is 15.5 Å². The zero-order chi connectivity index (χ0) is 19.6. The van der Waals surface area contributed by atoms with Gasteiger partial charge in [0.1, 0.15) is 5.75 Å². The van der Waals surface area contributed by atoms with Crippen molar-refractivity contribution in [2.75, 3.05) is 43.0 Å². The summed E-state index contributed by atoms with van der Waals surface area (Å²) in [6.45, 7) is 6.07. The Morgan fingerprint density at radius 1 is 1.18 bits per heavy atom. The summed E-state index contributed by atoms with van der Waals surface area (Å²) in [5.41, 5.74) is 1.72. The smallest absolute Gasteiger partial charge is 0.251 e. The zero-order valence-corrected chi connectivity index (χ0v) is 16.5. The maximum atomic E-state index is 12.2. The predicted molar refractivity (Wildman–Crippen MR) is 111 cm³/mol. The van der Waals surface area contributed by atoms with Crippen LogP contribution in [0.2, 0.25) is 0 Å². The lowest BCUT2D eigenvalue weighted by Gasteiger charge is -2.17. The van der Waals surface area contributed by atoms with Crippen molar-refractivity contribution in [3.8, 4) is 5.75 Å². The summed E-state index contributed by atoms with van der Waals surface area (Å²) in [5.74, 6) is 1.43. The fourth-order valence-corrected chi connectivity index (χ4v) is 3.10. The largest absolute Gasteiger partial charge is 0.494 e. The molecule has 28 heavy (non-hydrogen) atoms. The molecule has 7 heteroatoms. The van der Waals surface area contributed by atoms with Crippen molar-refractivity contribution in [3.63, 3.8) is 0 Å². The van der Waals surface area contributed by atoms with E-state index in [0.717, 1.165) is 43.2 Å². The maximum absolute atomic E-state index is 12.2. The standard InChI is InChI=1S/C21H29N5O2/c1-2-3-14-28-19-8-6-17(7-9-19)21(27)23-11-10-22-20-15-18(16-24-25-20)26-12-4-5-13-26/h6-9,15-16H,2-5,10-14H2,1H3,(H,22,25)(H,23,27). The Morgan fingerprint density at radius 2 is 1.96 bits per heavy atom. The van der Waals surface area contributed by atoms with E-state index in [0.29, 0.717) is 25.3 Å². The molecule has 1 amide bonds. The number of ether oxygens (including phenoxy) is 1. The Morgan fingerprint density at radius 3 is 2.71 bits per heavy atom. The van der Waals surface area contributed by atoms with Gasteiger partial charge in [0.15, 0.2) is 5.82 Å². The molecule has 3 rings (SSSR count). The van der Waals surface area contributed by atoms with Gasteiger partial charge in [-0.05, 0) is 43.5 Å². The van der Waals surface area contributed by atoms with Gasteiger partial charge in [0, 0.05) is 37.8 Å². The van der Waals surface area contributed by atoms with Gasteiger partial charge in [-0.3, -0.25) is 4.79 Å². The van der Waals surface area contributed by atoms with E-state index in [1.807, 2.05) is 18.2 Å². The third-order valence-corrected chi connectivity index (χ3v) is 4.71. The summed E-state index contributed by atoms with van der Waals surface area (Å²) in [6.07, 6.45) is 6.38. The minimum absolute atomic E-state index is 0.0983. The van der Waals surface area contributed by atoms with Gasteiger partial charge in [-0.25, -0.2) is 0 Å². The molecule has 0 bridgehead atoms. The number of carbonyl (C=O) groups excluding carboxylic acids is 1. The van der Waals surface area contributed by atoms with Crippen LogP contribution in [-0.4, -0.2) is 48.9 Å². The predicted octanol–water partition coefficient (Wildman–Crippen LogP) is 3.10. The molecule has 1 aliphatic heterocycles. The first-order valence-electron chi connectivity index (χ1n) is 10.1. The van der Waals surface area contributed by atoms with Crippen molar-refractivity contribution in [3.05, 3.63) is 42.1 Å². The van der Waals surface area contributed by atoms with E-state index in [-0.39, 0.29) is 5.91 Å². The molecule has 150 valence electrons. The molecule has 0 aliphatic carbocycles. The van der Waals surface area contributed by atoms with Gasteiger partial charge >= 0.3 is 0 Å². The normalized spacial score (nSPS) is 13.4. The van der Waals surface area contributed by atoms with Crippen LogP contribution in [-0.2, 0) is 0 Å². The molecule has 1 aliphatic rings. The number of carbonyl (C=O) groups is 1. The molecule has 2 heterocycles. The molecule has 2 aromatic rings. The SMILES string of the molecule is CCCCOc1ccc(C(=O)NCCNc2cc(N3CCCC3)cnn2)cc1. The highest BCUT2D eigenvalue weighted by Gasteiger charge is 2.13. The molecule has 7 nitrogen and oxygen atoms in total. The van der Waals surface area contributed by atoms with E-state index < -0.39 is 0 Å². The molecule has 2 N–H and O–H groups in total. The summed E-state index contributed by atoms with van der Waals surface area (Å²) in [4.78, 5) is 14.6. The summed E-state index contributed by atoms with van der Waals surface area (Å²) >= 11 is 0. The summed E-state index contributed by atoms with van der Waals surface area (Å²) in [7, 11) is 0. The fraction of sp³-hybridized carbons (Fsp3) is 0.476. The first-order chi connectivity index (χ1) is 13.8. The lowest BCUT2D eigenvalue weighted by molar-refractivity contribution is 0.0955. The third kappa shape index (κ3) is 5.84. The highest BCUT2D eigenvalue weighted by atomic mass is 16.5. The van der Waals surface area contributed by atoms with Crippen LogP contribution in [0.25, 0.3) is 0 Å². The summed E-state index contributed by atoms with van der Waals surface area (Å²) < 4.78 is 5.62. The molecule has 0 saturated carbocycles. The minimum Gasteiger partial charge on any atom is -0.494 e. The fourth-order valence-electron chi connectivity index (χ4n) is 3.10. The van der Waals surface area contributed by atoms with Gasteiger partial charge < -0.3 is 20.3 Å². The van der Waals surface area contributed by atoms with Crippen LogP contribution in [0, 0.1) is 0 Å². The van der Waals surface area contributed by atoms with E-state index in [4.69, 9.17) is 4.74 Å². The monoisotopic (exact) mass is 383 g/mol. The first kappa shape index (κ1) is 19.9. The number of hydrogen-bond donors (Lipinski definition) is 2. The highest BCUT2D eigenvalue weighted by Crippen LogP contribution is 2.20. The third-order valence-electron chi connectivity index (χ3n) is 4.71. The quantitative estimate of drug-likeness (QED) is 0.614. The number of aromatic nitrogens is 2. The van der Waals surface area contributed by atoms with Gasteiger partial charge in [-0.1, -0.05) is 13.3 Å². The van der Waals surface area contributed by atoms with Crippen LogP contribution < -0.4 is 20.3 Å². The lowest BCUT2D eigenvalue weighted by Crippen LogP contribution is -2.29. The molecule has 0 atom stereocenters. The van der Waals surface area contributed by atoms with Crippen LogP contribution in [0.5, 0.6) is 5.75 Å². The average Bonchev–Trinajstić information content (AvgIpc) is 3.27. The van der Waals surface area contributed by atoms with Crippen LogP contribution >= 0.6 is 0 Å². The van der Waals surface area contributed by atoms with Gasteiger partial charge in [-0.15, -0.1) is 5.10 Å². The molecule has 0 radical (unpaired) electrons. The Hall–Kier alpha value is -2.83. The van der Waals surface area contributed by atoms with Gasteiger partial charge in [0.05, 0.1) is 18.5 Å².